The van der Waals surface area contributed by atoms with E-state index in [9.17, 15) is 9.18 Å². The van der Waals surface area contributed by atoms with Crippen LogP contribution in [0.25, 0.3) is 44.2 Å². The summed E-state index contributed by atoms with van der Waals surface area (Å²) in [5.41, 5.74) is 2.26. The van der Waals surface area contributed by atoms with Gasteiger partial charge >= 0.3 is 0 Å². The van der Waals surface area contributed by atoms with Gasteiger partial charge in [-0.2, -0.15) is 15.2 Å². The normalized spacial score (nSPS) is 23.0. The highest BCUT2D eigenvalue weighted by Crippen LogP contribution is 2.56. The number of rotatable bonds is 5. The molecule has 1 aliphatic carbocycles. The monoisotopic (exact) mass is 580 g/mol. The summed E-state index contributed by atoms with van der Waals surface area (Å²) in [7, 11) is 3.55. The van der Waals surface area contributed by atoms with Gasteiger partial charge in [-0.15, -0.1) is 0 Å². The minimum Gasteiger partial charge on any atom is -0.463 e. The van der Waals surface area contributed by atoms with E-state index in [2.05, 4.69) is 20.1 Å². The van der Waals surface area contributed by atoms with Crippen molar-refractivity contribution in [3.8, 4) is 17.3 Å². The molecule has 4 aromatic heterocycles. The quantitative estimate of drug-likeness (QED) is 0.310. The minimum atomic E-state index is -1.55. The zero-order valence-corrected chi connectivity index (χ0v) is 23.3. The molecular weight excluding hydrogens is 554 g/mol. The summed E-state index contributed by atoms with van der Waals surface area (Å²) in [6, 6.07) is 1.80. The first-order valence-electron chi connectivity index (χ1n) is 13.7. The second-order valence-corrected chi connectivity index (χ2v) is 12.1. The summed E-state index contributed by atoms with van der Waals surface area (Å²) >= 11 is 6.67. The van der Waals surface area contributed by atoms with Crippen molar-refractivity contribution in [3.63, 3.8) is 0 Å². The van der Waals surface area contributed by atoms with E-state index in [0.717, 1.165) is 25.0 Å². The predicted molar refractivity (Wildman–Crippen MR) is 151 cm³/mol. The number of H-pyrrole nitrogens is 2. The maximum Gasteiger partial charge on any atom is 0.298 e. The highest BCUT2D eigenvalue weighted by atomic mass is 35.5. The first kappa shape index (κ1) is 25.0. The number of nitrogens with one attached hydrogen (secondary N) is 2. The standard InChI is InChI=1S/C28H27ClF2N8O2/c1-37-23-21(18-15-11-32-35-17(15)8-16(29)20(18)28(31)5-6-28)36-38(2)22(23)19-24(37)33-26(34-25(19)40)41-13-27-4-3-7-39(27)12-14(9-27)10-30/h8,10-11H,3-7,9,12-13H2,1-2H3,(H,32,35)(H,33,34,40)/b14-10-/t27-/m0/s1. The van der Waals surface area contributed by atoms with Crippen LogP contribution in [0.5, 0.6) is 6.01 Å². The molecule has 8 rings (SSSR count). The lowest BCUT2D eigenvalue weighted by atomic mass is 9.94. The molecule has 1 saturated carbocycles. The topological polar surface area (TPSA) is 110 Å². The van der Waals surface area contributed by atoms with Gasteiger partial charge in [-0.05, 0) is 50.3 Å². The molecule has 1 aromatic carbocycles. The molecule has 1 atom stereocenters. The van der Waals surface area contributed by atoms with E-state index < -0.39 is 5.67 Å². The van der Waals surface area contributed by atoms with E-state index >= 15 is 4.39 Å². The molecule has 0 unspecified atom stereocenters. The van der Waals surface area contributed by atoms with Gasteiger partial charge in [-0.1, -0.05) is 11.6 Å². The third kappa shape index (κ3) is 3.43. The Morgan fingerprint density at radius 2 is 2.07 bits per heavy atom. The number of aromatic nitrogens is 7. The summed E-state index contributed by atoms with van der Waals surface area (Å²) in [6.07, 6.45) is 5.59. The lowest BCUT2D eigenvalue weighted by Crippen LogP contribution is -2.43. The number of fused-ring (bicyclic) bond motifs is 5. The van der Waals surface area contributed by atoms with Gasteiger partial charge in [0.2, 0.25) is 0 Å². The summed E-state index contributed by atoms with van der Waals surface area (Å²) < 4.78 is 38.6. The largest absolute Gasteiger partial charge is 0.463 e. The molecule has 2 saturated heterocycles. The SMILES string of the molecule is Cn1nc(-c2c(C3(F)CC3)c(Cl)cc3[nH]ncc23)c2c1c1c(=O)[nH]c(OC[C@@]34CCCN3C/C(=C\F)C4)nc1n2C. The van der Waals surface area contributed by atoms with E-state index in [4.69, 9.17) is 26.4 Å². The second-order valence-electron chi connectivity index (χ2n) is 11.7. The lowest BCUT2D eigenvalue weighted by Gasteiger charge is -2.30. The number of halogens is 3. The number of alkyl halides is 1. The van der Waals surface area contributed by atoms with Crippen LogP contribution < -0.4 is 10.3 Å². The number of aromatic amines is 2. The van der Waals surface area contributed by atoms with Crippen LogP contribution >= 0.6 is 11.6 Å². The summed E-state index contributed by atoms with van der Waals surface area (Å²) in [5.74, 6) is 0. The van der Waals surface area contributed by atoms with Gasteiger partial charge in [0, 0.05) is 42.2 Å². The van der Waals surface area contributed by atoms with Gasteiger partial charge in [0.25, 0.3) is 11.6 Å². The fourth-order valence-electron chi connectivity index (χ4n) is 7.11. The molecule has 5 aromatic rings. The maximum absolute atomic E-state index is 15.8. The Bertz CT molecular complexity index is 2000. The van der Waals surface area contributed by atoms with Gasteiger partial charge < -0.3 is 9.30 Å². The van der Waals surface area contributed by atoms with Crippen molar-refractivity contribution in [2.45, 2.75) is 43.3 Å². The number of ether oxygens (including phenoxy) is 1. The fourth-order valence-corrected chi connectivity index (χ4v) is 7.48. The maximum atomic E-state index is 15.8. The van der Waals surface area contributed by atoms with Crippen molar-refractivity contribution in [3.05, 3.63) is 45.1 Å². The molecule has 0 radical (unpaired) electrons. The summed E-state index contributed by atoms with van der Waals surface area (Å²) in [6.45, 7) is 1.77. The molecule has 41 heavy (non-hydrogen) atoms. The number of aryl methyl sites for hydroxylation is 2. The molecule has 10 nitrogen and oxygen atoms in total. The Kier molecular flexibility index (Phi) is 5.11. The molecule has 3 fully saturated rings. The molecule has 212 valence electrons. The Balaban J connectivity index is 1.28. The van der Waals surface area contributed by atoms with Crippen molar-refractivity contribution in [1.82, 2.24) is 39.4 Å². The van der Waals surface area contributed by atoms with Crippen LogP contribution in [0, 0.1) is 0 Å². The number of hydrogen-bond donors (Lipinski definition) is 2. The summed E-state index contributed by atoms with van der Waals surface area (Å²) in [4.78, 5) is 23.3. The summed E-state index contributed by atoms with van der Waals surface area (Å²) in [5, 5.41) is 13.2. The average Bonchev–Trinajstić information content (AvgIpc) is 3.40. The Morgan fingerprint density at radius 1 is 1.24 bits per heavy atom. The lowest BCUT2D eigenvalue weighted by molar-refractivity contribution is 0.107. The highest BCUT2D eigenvalue weighted by Gasteiger charge is 2.49. The van der Waals surface area contributed by atoms with E-state index in [0.29, 0.717) is 93.6 Å². The number of benzene rings is 1. The smallest absolute Gasteiger partial charge is 0.298 e. The molecule has 0 amide bonds. The molecule has 0 spiro atoms. The second kappa shape index (κ2) is 8.39. The van der Waals surface area contributed by atoms with Crippen LogP contribution in [0.4, 0.5) is 8.78 Å². The van der Waals surface area contributed by atoms with Gasteiger partial charge in [-0.3, -0.25) is 24.5 Å². The van der Waals surface area contributed by atoms with Crippen LogP contribution in [0.3, 0.4) is 0 Å². The van der Waals surface area contributed by atoms with E-state index in [1.54, 1.807) is 35.6 Å². The van der Waals surface area contributed by atoms with Crippen molar-refractivity contribution in [1.29, 1.82) is 0 Å². The highest BCUT2D eigenvalue weighted by molar-refractivity contribution is 6.33. The fraction of sp³-hybridized carbons (Fsp3) is 0.429. The molecule has 2 aliphatic heterocycles. The number of hydrogen-bond acceptors (Lipinski definition) is 6. The zero-order chi connectivity index (χ0) is 28.3. The third-order valence-electron chi connectivity index (χ3n) is 9.19. The van der Waals surface area contributed by atoms with Crippen LogP contribution in [0.15, 0.2) is 29.0 Å². The van der Waals surface area contributed by atoms with E-state index in [1.807, 2.05) is 0 Å². The zero-order valence-electron chi connectivity index (χ0n) is 22.5. The van der Waals surface area contributed by atoms with Gasteiger partial charge in [0.1, 0.15) is 28.9 Å². The van der Waals surface area contributed by atoms with E-state index in [1.165, 1.54) is 0 Å². The third-order valence-corrected chi connectivity index (χ3v) is 9.48. The number of nitrogens with zero attached hydrogens (tertiary/aromatic N) is 6. The van der Waals surface area contributed by atoms with Crippen LogP contribution in [-0.2, 0) is 19.8 Å². The molecule has 0 bridgehead atoms. The predicted octanol–water partition coefficient (Wildman–Crippen LogP) is 4.77. The molecular formula is C28H27ClF2N8O2. The van der Waals surface area contributed by atoms with Crippen LogP contribution in [0.1, 0.15) is 37.7 Å². The van der Waals surface area contributed by atoms with Crippen LogP contribution in [0.2, 0.25) is 5.02 Å². The van der Waals surface area contributed by atoms with Crippen molar-refractivity contribution in [2.24, 2.45) is 14.1 Å². The average molecular weight is 581 g/mol. The van der Waals surface area contributed by atoms with Gasteiger partial charge in [0.05, 0.1) is 29.1 Å². The van der Waals surface area contributed by atoms with Crippen molar-refractivity contribution in [2.75, 3.05) is 19.7 Å². The van der Waals surface area contributed by atoms with Gasteiger partial charge in [-0.25, -0.2) is 8.78 Å². The molecule has 2 N–H and O–H groups in total. The molecule has 3 aliphatic rings. The first-order valence-corrected chi connectivity index (χ1v) is 14.1. The molecule has 13 heteroatoms. The van der Waals surface area contributed by atoms with Crippen LogP contribution in [-0.4, -0.2) is 64.6 Å². The molecule has 6 heterocycles. The minimum absolute atomic E-state index is 0.100. The first-order chi connectivity index (χ1) is 19.7. The van der Waals surface area contributed by atoms with E-state index in [-0.39, 0.29) is 17.1 Å². The van der Waals surface area contributed by atoms with Gasteiger partial charge in [0.15, 0.2) is 5.65 Å². The Labute approximate surface area is 236 Å². The van der Waals surface area contributed by atoms with Crippen molar-refractivity contribution < 1.29 is 13.5 Å². The Morgan fingerprint density at radius 3 is 2.85 bits per heavy atom. The Hall–Kier alpha value is -3.77. The van der Waals surface area contributed by atoms with Crippen molar-refractivity contribution >= 4 is 44.6 Å².